The van der Waals surface area contributed by atoms with Gasteiger partial charge >= 0.3 is 0 Å². The summed E-state index contributed by atoms with van der Waals surface area (Å²) in [4.78, 5) is 14.7. The highest BCUT2D eigenvalue weighted by molar-refractivity contribution is 5.96. The van der Waals surface area contributed by atoms with E-state index >= 15 is 0 Å². The van der Waals surface area contributed by atoms with Crippen LogP contribution in [-0.4, -0.2) is 26.2 Å². The minimum atomic E-state index is 0.169. The maximum absolute atomic E-state index is 12.7. The molecule has 0 aromatic heterocycles. The van der Waals surface area contributed by atoms with Gasteiger partial charge in [0.05, 0.1) is 14.2 Å². The molecule has 1 aliphatic heterocycles. The third kappa shape index (κ3) is 3.09. The summed E-state index contributed by atoms with van der Waals surface area (Å²) in [6.07, 6.45) is 2.09. The van der Waals surface area contributed by atoms with E-state index in [9.17, 15) is 4.79 Å². The van der Waals surface area contributed by atoms with Crippen molar-refractivity contribution >= 4 is 11.6 Å². The maximum atomic E-state index is 12.7. The van der Waals surface area contributed by atoms with E-state index in [4.69, 9.17) is 9.47 Å². The summed E-state index contributed by atoms with van der Waals surface area (Å²) in [5, 5.41) is 0. The number of hydrogen-bond acceptors (Lipinski definition) is 3. The lowest BCUT2D eigenvalue weighted by Gasteiger charge is -2.22. The van der Waals surface area contributed by atoms with E-state index in [1.54, 1.807) is 14.2 Å². The van der Waals surface area contributed by atoms with Gasteiger partial charge in [-0.1, -0.05) is 24.3 Å². The molecule has 1 aliphatic rings. The first-order valence-electron chi connectivity index (χ1n) is 8.25. The predicted molar refractivity (Wildman–Crippen MR) is 95.0 cm³/mol. The van der Waals surface area contributed by atoms with Crippen LogP contribution >= 0.6 is 0 Å². The normalized spacial score (nSPS) is 16.0. The zero-order valence-corrected chi connectivity index (χ0v) is 14.4. The van der Waals surface area contributed by atoms with Crippen LogP contribution in [0.5, 0.6) is 11.5 Å². The molecule has 2 aromatic carbocycles. The molecular formula is C20H23NO3. The molecule has 2 aromatic rings. The number of rotatable bonds is 5. The van der Waals surface area contributed by atoms with Gasteiger partial charge < -0.3 is 14.4 Å². The van der Waals surface area contributed by atoms with Crippen LogP contribution in [0.3, 0.4) is 0 Å². The number of fused-ring (bicyclic) bond motifs is 1. The Balaban J connectivity index is 1.70. The topological polar surface area (TPSA) is 38.8 Å². The van der Waals surface area contributed by atoms with Gasteiger partial charge in [0.2, 0.25) is 5.91 Å². The predicted octanol–water partition coefficient (Wildman–Crippen LogP) is 3.61. The van der Waals surface area contributed by atoms with Crippen LogP contribution in [0.15, 0.2) is 42.5 Å². The van der Waals surface area contributed by atoms with Crippen molar-refractivity contribution in [1.82, 2.24) is 0 Å². The van der Waals surface area contributed by atoms with Crippen molar-refractivity contribution in [2.45, 2.75) is 32.2 Å². The van der Waals surface area contributed by atoms with Crippen molar-refractivity contribution in [3.05, 3.63) is 53.6 Å². The molecule has 0 fully saturated rings. The maximum Gasteiger partial charge on any atom is 0.227 e. The molecule has 0 unspecified atom stereocenters. The molecule has 3 rings (SSSR count). The standard InChI is InChI=1S/C20H23NO3/c1-14-12-16-6-4-5-7-17(16)21(14)20(22)11-9-15-8-10-18(23-2)19(13-15)24-3/h4-8,10,13-14H,9,11-12H2,1-3H3/t14-/m1/s1. The second-order valence-corrected chi connectivity index (χ2v) is 6.13. The Morgan fingerprint density at radius 2 is 1.88 bits per heavy atom. The molecule has 1 atom stereocenters. The molecule has 0 bridgehead atoms. The first kappa shape index (κ1) is 16.4. The first-order chi connectivity index (χ1) is 11.6. The molecule has 1 heterocycles. The number of aryl methyl sites for hydroxylation is 1. The van der Waals surface area contributed by atoms with Gasteiger partial charge in [0.1, 0.15) is 0 Å². The number of carbonyl (C=O) groups excluding carboxylic acids is 1. The second-order valence-electron chi connectivity index (χ2n) is 6.13. The lowest BCUT2D eigenvalue weighted by atomic mass is 10.1. The van der Waals surface area contributed by atoms with E-state index in [1.807, 2.05) is 41.3 Å². The highest BCUT2D eigenvalue weighted by Crippen LogP contribution is 2.33. The van der Waals surface area contributed by atoms with Gasteiger partial charge in [-0.25, -0.2) is 0 Å². The van der Waals surface area contributed by atoms with Crippen molar-refractivity contribution < 1.29 is 14.3 Å². The molecule has 0 spiro atoms. The van der Waals surface area contributed by atoms with Crippen molar-refractivity contribution in [2.24, 2.45) is 0 Å². The fourth-order valence-electron chi connectivity index (χ4n) is 3.35. The summed E-state index contributed by atoms with van der Waals surface area (Å²) in [6.45, 7) is 2.11. The molecule has 0 saturated carbocycles. The second kappa shape index (κ2) is 6.95. The first-order valence-corrected chi connectivity index (χ1v) is 8.25. The fourth-order valence-corrected chi connectivity index (χ4v) is 3.35. The Morgan fingerprint density at radius 3 is 2.62 bits per heavy atom. The number of carbonyl (C=O) groups is 1. The van der Waals surface area contributed by atoms with Crippen LogP contribution in [-0.2, 0) is 17.6 Å². The van der Waals surface area contributed by atoms with Gasteiger partial charge in [0, 0.05) is 18.2 Å². The van der Waals surface area contributed by atoms with Gasteiger partial charge in [-0.05, 0) is 49.1 Å². The lowest BCUT2D eigenvalue weighted by molar-refractivity contribution is -0.118. The van der Waals surface area contributed by atoms with Crippen LogP contribution in [0.2, 0.25) is 0 Å². The average molecular weight is 325 g/mol. The van der Waals surface area contributed by atoms with E-state index in [0.29, 0.717) is 24.3 Å². The van der Waals surface area contributed by atoms with Crippen molar-refractivity contribution in [3.63, 3.8) is 0 Å². The summed E-state index contributed by atoms with van der Waals surface area (Å²) in [6, 6.07) is 14.2. The zero-order chi connectivity index (χ0) is 17.1. The van der Waals surface area contributed by atoms with Crippen molar-refractivity contribution in [1.29, 1.82) is 0 Å². The number of methoxy groups -OCH3 is 2. The number of nitrogens with zero attached hydrogens (tertiary/aromatic N) is 1. The van der Waals surface area contributed by atoms with Gasteiger partial charge in [-0.3, -0.25) is 4.79 Å². The van der Waals surface area contributed by atoms with Crippen LogP contribution in [0.4, 0.5) is 5.69 Å². The molecule has 4 heteroatoms. The minimum Gasteiger partial charge on any atom is -0.493 e. The van der Waals surface area contributed by atoms with Gasteiger partial charge in [0.15, 0.2) is 11.5 Å². The fraction of sp³-hybridized carbons (Fsp3) is 0.350. The molecule has 126 valence electrons. The highest BCUT2D eigenvalue weighted by atomic mass is 16.5. The molecule has 4 nitrogen and oxygen atoms in total. The Bertz CT molecular complexity index is 741. The number of para-hydroxylation sites is 1. The van der Waals surface area contributed by atoms with Crippen molar-refractivity contribution in [2.75, 3.05) is 19.1 Å². The van der Waals surface area contributed by atoms with Crippen LogP contribution in [0.25, 0.3) is 0 Å². The summed E-state index contributed by atoms with van der Waals surface area (Å²) in [5.74, 6) is 1.57. The van der Waals surface area contributed by atoms with E-state index in [2.05, 4.69) is 13.0 Å². The SMILES string of the molecule is COc1ccc(CCC(=O)N2c3ccccc3C[C@H]2C)cc1OC. The Hall–Kier alpha value is -2.49. The van der Waals surface area contributed by atoms with Crippen LogP contribution in [0.1, 0.15) is 24.5 Å². The van der Waals surface area contributed by atoms with Crippen LogP contribution < -0.4 is 14.4 Å². The third-order valence-electron chi connectivity index (χ3n) is 4.55. The Kier molecular flexibility index (Phi) is 4.74. The summed E-state index contributed by atoms with van der Waals surface area (Å²) in [7, 11) is 3.24. The summed E-state index contributed by atoms with van der Waals surface area (Å²) in [5.41, 5.74) is 3.38. The Morgan fingerprint density at radius 1 is 1.12 bits per heavy atom. The van der Waals surface area contributed by atoms with Crippen LogP contribution in [0, 0.1) is 0 Å². The number of hydrogen-bond donors (Lipinski definition) is 0. The molecule has 0 aliphatic carbocycles. The molecule has 0 radical (unpaired) electrons. The lowest BCUT2D eigenvalue weighted by Crippen LogP contribution is -2.35. The van der Waals surface area contributed by atoms with E-state index in [1.165, 1.54) is 5.56 Å². The number of ether oxygens (including phenoxy) is 2. The van der Waals surface area contributed by atoms with Crippen molar-refractivity contribution in [3.8, 4) is 11.5 Å². The quantitative estimate of drug-likeness (QED) is 0.843. The molecule has 24 heavy (non-hydrogen) atoms. The smallest absolute Gasteiger partial charge is 0.227 e. The number of anilines is 1. The summed E-state index contributed by atoms with van der Waals surface area (Å²) < 4.78 is 10.6. The summed E-state index contributed by atoms with van der Waals surface area (Å²) >= 11 is 0. The van der Waals surface area contributed by atoms with E-state index in [-0.39, 0.29) is 11.9 Å². The number of amides is 1. The van der Waals surface area contributed by atoms with E-state index < -0.39 is 0 Å². The molecule has 0 N–H and O–H groups in total. The largest absolute Gasteiger partial charge is 0.493 e. The monoisotopic (exact) mass is 325 g/mol. The van der Waals surface area contributed by atoms with Gasteiger partial charge in [-0.15, -0.1) is 0 Å². The van der Waals surface area contributed by atoms with E-state index in [0.717, 1.165) is 17.7 Å². The zero-order valence-electron chi connectivity index (χ0n) is 14.4. The molecule has 1 amide bonds. The van der Waals surface area contributed by atoms with Gasteiger partial charge in [0.25, 0.3) is 0 Å². The molecule has 0 saturated heterocycles. The Labute approximate surface area is 143 Å². The molecular weight excluding hydrogens is 302 g/mol. The third-order valence-corrected chi connectivity index (χ3v) is 4.55. The van der Waals surface area contributed by atoms with Gasteiger partial charge in [-0.2, -0.15) is 0 Å². The number of benzene rings is 2. The highest BCUT2D eigenvalue weighted by Gasteiger charge is 2.29. The minimum absolute atomic E-state index is 0.169. The average Bonchev–Trinajstić information content (AvgIpc) is 2.95.